The summed E-state index contributed by atoms with van der Waals surface area (Å²) in [5.74, 6) is 0. The zero-order chi connectivity index (χ0) is 14.1. The standard InChI is InChI=1S/C19H19N/c1-13-8-14(2)10-16(9-13)17-11-19(20-12-17)18-7-5-4-6-15(18)3/h4-12,19H,1-3H3. The second-order valence-electron chi connectivity index (χ2n) is 5.58. The molecule has 0 saturated carbocycles. The third-order valence-electron chi connectivity index (χ3n) is 3.77. The van der Waals surface area contributed by atoms with Crippen molar-refractivity contribution in [3.8, 4) is 0 Å². The van der Waals surface area contributed by atoms with Gasteiger partial charge in [0.1, 0.15) is 0 Å². The summed E-state index contributed by atoms with van der Waals surface area (Å²) in [5, 5.41) is 0. The number of benzene rings is 2. The first kappa shape index (κ1) is 12.9. The fraction of sp³-hybridized carbons (Fsp3) is 0.211. The summed E-state index contributed by atoms with van der Waals surface area (Å²) in [4.78, 5) is 4.67. The van der Waals surface area contributed by atoms with Crippen LogP contribution in [0.5, 0.6) is 0 Å². The Labute approximate surface area is 120 Å². The predicted octanol–water partition coefficient (Wildman–Crippen LogP) is 4.82. The van der Waals surface area contributed by atoms with Crippen molar-refractivity contribution in [1.82, 2.24) is 0 Å². The largest absolute Gasteiger partial charge is 0.280 e. The minimum atomic E-state index is 0.159. The van der Waals surface area contributed by atoms with E-state index < -0.39 is 0 Å². The van der Waals surface area contributed by atoms with E-state index in [-0.39, 0.29) is 6.04 Å². The molecule has 1 atom stereocenters. The molecular formula is C19H19N. The second kappa shape index (κ2) is 5.09. The Morgan fingerprint density at radius 1 is 0.900 bits per heavy atom. The van der Waals surface area contributed by atoms with Crippen LogP contribution in [0.3, 0.4) is 0 Å². The van der Waals surface area contributed by atoms with Crippen molar-refractivity contribution in [3.05, 3.63) is 76.4 Å². The number of rotatable bonds is 2. The van der Waals surface area contributed by atoms with Gasteiger partial charge >= 0.3 is 0 Å². The van der Waals surface area contributed by atoms with Crippen molar-refractivity contribution in [2.45, 2.75) is 26.8 Å². The zero-order valence-corrected chi connectivity index (χ0v) is 12.2. The van der Waals surface area contributed by atoms with Gasteiger partial charge in [0.05, 0.1) is 6.04 Å². The molecule has 0 aliphatic carbocycles. The molecule has 1 aliphatic rings. The molecule has 3 rings (SSSR count). The summed E-state index contributed by atoms with van der Waals surface area (Å²) in [6.45, 7) is 6.43. The van der Waals surface area contributed by atoms with Crippen LogP contribution < -0.4 is 0 Å². The first-order chi connectivity index (χ1) is 9.63. The summed E-state index contributed by atoms with van der Waals surface area (Å²) < 4.78 is 0. The average molecular weight is 261 g/mol. The lowest BCUT2D eigenvalue weighted by Gasteiger charge is -2.08. The number of hydrogen-bond acceptors (Lipinski definition) is 1. The van der Waals surface area contributed by atoms with E-state index in [1.807, 2.05) is 6.21 Å². The van der Waals surface area contributed by atoms with Crippen molar-refractivity contribution in [3.63, 3.8) is 0 Å². The Bertz CT molecular complexity index is 687. The maximum absolute atomic E-state index is 4.67. The molecule has 20 heavy (non-hydrogen) atoms. The van der Waals surface area contributed by atoms with Crippen LogP contribution >= 0.6 is 0 Å². The monoisotopic (exact) mass is 261 g/mol. The fourth-order valence-corrected chi connectivity index (χ4v) is 2.82. The van der Waals surface area contributed by atoms with Gasteiger partial charge in [0.2, 0.25) is 0 Å². The molecule has 0 bridgehead atoms. The van der Waals surface area contributed by atoms with Gasteiger partial charge in [-0.2, -0.15) is 0 Å². The molecule has 2 aromatic carbocycles. The third-order valence-corrected chi connectivity index (χ3v) is 3.77. The smallest absolute Gasteiger partial charge is 0.0942 e. The maximum atomic E-state index is 4.67. The van der Waals surface area contributed by atoms with Crippen LogP contribution in [0.4, 0.5) is 0 Å². The Morgan fingerprint density at radius 3 is 2.30 bits per heavy atom. The van der Waals surface area contributed by atoms with Crippen LogP contribution in [-0.2, 0) is 0 Å². The van der Waals surface area contributed by atoms with Gasteiger partial charge in [0.25, 0.3) is 0 Å². The van der Waals surface area contributed by atoms with Crippen molar-refractivity contribution >= 4 is 11.8 Å². The topological polar surface area (TPSA) is 12.4 Å². The molecular weight excluding hydrogens is 242 g/mol. The molecule has 0 amide bonds. The van der Waals surface area contributed by atoms with E-state index in [1.165, 1.54) is 33.4 Å². The van der Waals surface area contributed by atoms with Crippen molar-refractivity contribution in [1.29, 1.82) is 0 Å². The van der Waals surface area contributed by atoms with E-state index in [9.17, 15) is 0 Å². The number of hydrogen-bond donors (Lipinski definition) is 0. The van der Waals surface area contributed by atoms with Gasteiger partial charge < -0.3 is 0 Å². The highest BCUT2D eigenvalue weighted by Crippen LogP contribution is 2.31. The Balaban J connectivity index is 1.97. The van der Waals surface area contributed by atoms with Crippen molar-refractivity contribution < 1.29 is 0 Å². The van der Waals surface area contributed by atoms with Gasteiger partial charge in [-0.15, -0.1) is 0 Å². The number of nitrogens with zero attached hydrogens (tertiary/aromatic N) is 1. The Kier molecular flexibility index (Phi) is 3.27. The lowest BCUT2D eigenvalue weighted by Crippen LogP contribution is -1.92. The molecule has 100 valence electrons. The van der Waals surface area contributed by atoms with Crippen LogP contribution in [0, 0.1) is 20.8 Å². The van der Waals surface area contributed by atoms with E-state index in [1.54, 1.807) is 0 Å². The molecule has 0 saturated heterocycles. The van der Waals surface area contributed by atoms with E-state index in [0.29, 0.717) is 0 Å². The highest BCUT2D eigenvalue weighted by atomic mass is 14.8. The van der Waals surface area contributed by atoms with Gasteiger partial charge in [-0.1, -0.05) is 53.6 Å². The lowest BCUT2D eigenvalue weighted by atomic mass is 9.98. The van der Waals surface area contributed by atoms with Crippen LogP contribution in [0.1, 0.15) is 33.9 Å². The third kappa shape index (κ3) is 2.44. The van der Waals surface area contributed by atoms with Gasteiger partial charge in [0, 0.05) is 6.21 Å². The van der Waals surface area contributed by atoms with Crippen LogP contribution in [0.25, 0.3) is 5.57 Å². The molecule has 0 spiro atoms. The minimum absolute atomic E-state index is 0.159. The molecule has 0 aromatic heterocycles. The molecule has 1 heteroatoms. The molecule has 0 radical (unpaired) electrons. The van der Waals surface area contributed by atoms with E-state index in [2.05, 4.69) is 74.3 Å². The SMILES string of the molecule is Cc1cc(C)cc(C2=CC(c3ccccc3C)N=C2)c1. The van der Waals surface area contributed by atoms with Gasteiger partial charge in [-0.25, -0.2) is 0 Å². The molecule has 0 fully saturated rings. The highest BCUT2D eigenvalue weighted by Gasteiger charge is 2.15. The quantitative estimate of drug-likeness (QED) is 0.735. The van der Waals surface area contributed by atoms with Gasteiger partial charge in [-0.3, -0.25) is 4.99 Å². The normalized spacial score (nSPS) is 17.4. The molecule has 1 nitrogen and oxygen atoms in total. The van der Waals surface area contributed by atoms with Crippen molar-refractivity contribution in [2.24, 2.45) is 4.99 Å². The minimum Gasteiger partial charge on any atom is -0.280 e. The molecule has 1 heterocycles. The number of aryl methyl sites for hydroxylation is 3. The average Bonchev–Trinajstić information content (AvgIpc) is 2.87. The van der Waals surface area contributed by atoms with Crippen LogP contribution in [0.15, 0.2) is 53.5 Å². The van der Waals surface area contributed by atoms with Crippen LogP contribution in [-0.4, -0.2) is 6.21 Å². The molecule has 2 aromatic rings. The predicted molar refractivity (Wildman–Crippen MR) is 86.3 cm³/mol. The molecule has 1 aliphatic heterocycles. The fourth-order valence-electron chi connectivity index (χ4n) is 2.82. The van der Waals surface area contributed by atoms with E-state index >= 15 is 0 Å². The maximum Gasteiger partial charge on any atom is 0.0942 e. The first-order valence-corrected chi connectivity index (χ1v) is 7.03. The second-order valence-corrected chi connectivity index (χ2v) is 5.58. The molecule has 1 unspecified atom stereocenters. The lowest BCUT2D eigenvalue weighted by molar-refractivity contribution is 0.923. The summed E-state index contributed by atoms with van der Waals surface area (Å²) in [7, 11) is 0. The zero-order valence-electron chi connectivity index (χ0n) is 12.2. The van der Waals surface area contributed by atoms with Gasteiger partial charge in [0.15, 0.2) is 0 Å². The highest BCUT2D eigenvalue weighted by molar-refractivity contribution is 6.12. The van der Waals surface area contributed by atoms with Crippen molar-refractivity contribution in [2.75, 3.05) is 0 Å². The summed E-state index contributed by atoms with van der Waals surface area (Å²) in [6, 6.07) is 15.3. The van der Waals surface area contributed by atoms with E-state index in [0.717, 1.165) is 0 Å². The summed E-state index contributed by atoms with van der Waals surface area (Å²) in [6.07, 6.45) is 4.27. The molecule has 0 N–H and O–H groups in total. The van der Waals surface area contributed by atoms with Crippen LogP contribution in [0.2, 0.25) is 0 Å². The number of allylic oxidation sites excluding steroid dienone is 1. The number of aliphatic imine (C=N–C) groups is 1. The Morgan fingerprint density at radius 2 is 1.60 bits per heavy atom. The first-order valence-electron chi connectivity index (χ1n) is 7.03. The summed E-state index contributed by atoms with van der Waals surface area (Å²) >= 11 is 0. The van der Waals surface area contributed by atoms with Gasteiger partial charge in [-0.05, 0) is 49.1 Å². The summed E-state index contributed by atoms with van der Waals surface area (Å²) in [5.41, 5.74) is 7.69. The van der Waals surface area contributed by atoms with E-state index in [4.69, 9.17) is 0 Å². The Hall–Kier alpha value is -2.15.